The first-order valence-electron chi connectivity index (χ1n) is 8.39. The number of halogens is 2. The smallest absolute Gasteiger partial charge is 0.267 e. The van der Waals surface area contributed by atoms with Gasteiger partial charge in [-0.25, -0.2) is 8.78 Å². The summed E-state index contributed by atoms with van der Waals surface area (Å²) in [7, 11) is 3.08. The van der Waals surface area contributed by atoms with Gasteiger partial charge in [0.1, 0.15) is 18.1 Å². The molecule has 0 bridgehead atoms. The van der Waals surface area contributed by atoms with Crippen LogP contribution in [0.15, 0.2) is 36.4 Å². The summed E-state index contributed by atoms with van der Waals surface area (Å²) in [6.07, 6.45) is -1.80. The van der Waals surface area contributed by atoms with Crippen LogP contribution < -0.4 is 14.8 Å². The minimum absolute atomic E-state index is 0.0293. The number of benzene rings is 2. The van der Waals surface area contributed by atoms with Gasteiger partial charge in [-0.2, -0.15) is 0 Å². The molecular weight excluding hydrogens is 340 g/mol. The topological polar surface area (TPSA) is 47.6 Å². The molecule has 0 aliphatic carbocycles. The van der Waals surface area contributed by atoms with E-state index in [2.05, 4.69) is 5.32 Å². The highest BCUT2D eigenvalue weighted by molar-refractivity contribution is 5.78. The molecule has 0 aromatic heterocycles. The van der Waals surface area contributed by atoms with Crippen molar-refractivity contribution in [2.24, 2.45) is 0 Å². The second-order valence-electron chi connectivity index (χ2n) is 5.76. The zero-order valence-electron chi connectivity index (χ0n) is 15.1. The van der Waals surface area contributed by atoms with E-state index in [-0.39, 0.29) is 30.2 Å². The summed E-state index contributed by atoms with van der Waals surface area (Å²) in [5, 5.41) is 2.57. The molecule has 0 fully saturated rings. The summed E-state index contributed by atoms with van der Waals surface area (Å²) in [5.41, 5.74) is 2.09. The van der Waals surface area contributed by atoms with E-state index in [1.165, 1.54) is 13.2 Å². The second-order valence-corrected chi connectivity index (χ2v) is 5.76. The van der Waals surface area contributed by atoms with Crippen LogP contribution in [0, 0.1) is 0 Å². The molecule has 1 N–H and O–H groups in total. The lowest BCUT2D eigenvalue weighted by molar-refractivity contribution is -0.119. The summed E-state index contributed by atoms with van der Waals surface area (Å²) < 4.78 is 37.7. The Hall–Kier alpha value is -2.63. The third kappa shape index (κ3) is 4.71. The summed E-state index contributed by atoms with van der Waals surface area (Å²) in [6.45, 7) is 1.94. The monoisotopic (exact) mass is 363 g/mol. The van der Waals surface area contributed by atoms with Crippen LogP contribution in [-0.2, 0) is 24.2 Å². The molecule has 0 saturated heterocycles. The van der Waals surface area contributed by atoms with Crippen molar-refractivity contribution in [2.45, 2.75) is 32.8 Å². The van der Waals surface area contributed by atoms with Gasteiger partial charge >= 0.3 is 0 Å². The molecule has 1 amide bonds. The van der Waals surface area contributed by atoms with Crippen LogP contribution in [-0.4, -0.2) is 20.1 Å². The van der Waals surface area contributed by atoms with Gasteiger partial charge in [0, 0.05) is 12.6 Å². The van der Waals surface area contributed by atoms with Crippen molar-refractivity contribution in [2.75, 3.05) is 14.2 Å². The number of likely N-dealkylation sites (N-methyl/N-ethyl adjacent to an activating group) is 1. The second kappa shape index (κ2) is 9.17. The van der Waals surface area contributed by atoms with Crippen LogP contribution in [0.2, 0.25) is 0 Å². The minimum Gasteiger partial charge on any atom is -0.496 e. The van der Waals surface area contributed by atoms with Gasteiger partial charge in [0.05, 0.1) is 19.1 Å². The molecule has 0 heterocycles. The molecule has 26 heavy (non-hydrogen) atoms. The van der Waals surface area contributed by atoms with Crippen molar-refractivity contribution in [3.8, 4) is 11.5 Å². The van der Waals surface area contributed by atoms with E-state index in [1.807, 2.05) is 6.92 Å². The molecule has 140 valence electrons. The molecule has 0 aliphatic rings. The van der Waals surface area contributed by atoms with Crippen LogP contribution in [0.4, 0.5) is 8.78 Å². The van der Waals surface area contributed by atoms with Crippen LogP contribution in [0.25, 0.3) is 0 Å². The number of hydrogen-bond donors (Lipinski definition) is 1. The Morgan fingerprint density at radius 1 is 1.19 bits per heavy atom. The van der Waals surface area contributed by atoms with Crippen LogP contribution >= 0.6 is 0 Å². The van der Waals surface area contributed by atoms with Crippen molar-refractivity contribution in [3.63, 3.8) is 0 Å². The van der Waals surface area contributed by atoms with Gasteiger partial charge in [0.2, 0.25) is 5.91 Å². The fourth-order valence-electron chi connectivity index (χ4n) is 2.66. The summed E-state index contributed by atoms with van der Waals surface area (Å²) in [5.74, 6) is 0.532. The summed E-state index contributed by atoms with van der Waals surface area (Å²) in [4.78, 5) is 11.7. The lowest BCUT2D eigenvalue weighted by Gasteiger charge is -2.16. The molecule has 2 aromatic carbocycles. The van der Waals surface area contributed by atoms with Crippen LogP contribution in [0.1, 0.15) is 35.6 Å². The van der Waals surface area contributed by atoms with Gasteiger partial charge < -0.3 is 14.8 Å². The number of carbonyl (C=O) groups excluding carboxylic acids is 1. The fraction of sp³-hybridized carbons (Fsp3) is 0.350. The Morgan fingerprint density at radius 3 is 2.58 bits per heavy atom. The van der Waals surface area contributed by atoms with Crippen molar-refractivity contribution in [3.05, 3.63) is 58.7 Å². The Kier molecular flexibility index (Phi) is 6.95. The molecule has 6 heteroatoms. The molecule has 0 aliphatic heterocycles. The highest BCUT2D eigenvalue weighted by Gasteiger charge is 2.17. The quantitative estimate of drug-likeness (QED) is 0.769. The average molecular weight is 363 g/mol. The van der Waals surface area contributed by atoms with Crippen molar-refractivity contribution < 1.29 is 23.0 Å². The van der Waals surface area contributed by atoms with Crippen molar-refractivity contribution in [1.82, 2.24) is 5.32 Å². The zero-order valence-corrected chi connectivity index (χ0v) is 15.1. The molecule has 0 radical (unpaired) electrons. The van der Waals surface area contributed by atoms with Crippen LogP contribution in [0.5, 0.6) is 11.5 Å². The summed E-state index contributed by atoms with van der Waals surface area (Å²) >= 11 is 0. The predicted octanol–water partition coefficient (Wildman–Crippen LogP) is 4.06. The number of aryl methyl sites for hydroxylation is 1. The van der Waals surface area contributed by atoms with Gasteiger partial charge in [0.15, 0.2) is 0 Å². The highest BCUT2D eigenvalue weighted by Crippen LogP contribution is 2.32. The first kappa shape index (κ1) is 19.7. The number of alkyl halides is 2. The predicted molar refractivity (Wildman–Crippen MR) is 95.9 cm³/mol. The zero-order chi connectivity index (χ0) is 19.1. The molecule has 0 spiro atoms. The third-order valence-corrected chi connectivity index (χ3v) is 4.17. The number of methoxy groups -OCH3 is 1. The SMILES string of the molecule is CCc1ccc(OCc2c(CC(=O)NC)cccc2OC)c(C(F)F)c1. The van der Waals surface area contributed by atoms with Gasteiger partial charge in [-0.15, -0.1) is 0 Å². The van der Waals surface area contributed by atoms with E-state index in [0.29, 0.717) is 17.7 Å². The maximum absolute atomic E-state index is 13.4. The lowest BCUT2D eigenvalue weighted by atomic mass is 10.0. The number of amides is 1. The van der Waals surface area contributed by atoms with E-state index in [9.17, 15) is 13.6 Å². The molecular formula is C20H23F2NO3. The standard InChI is InChI=1S/C20H23F2NO3/c1-4-13-8-9-18(15(10-13)20(21)22)26-12-16-14(11-19(24)23-2)6-5-7-17(16)25-3/h5-10,20H,4,11-12H2,1-3H3,(H,23,24). The van der Waals surface area contributed by atoms with E-state index < -0.39 is 6.43 Å². The average Bonchev–Trinajstić information content (AvgIpc) is 2.66. The molecule has 2 rings (SSSR count). The number of nitrogens with one attached hydrogen (secondary N) is 1. The van der Waals surface area contributed by atoms with Gasteiger partial charge in [-0.05, 0) is 35.7 Å². The van der Waals surface area contributed by atoms with Crippen molar-refractivity contribution in [1.29, 1.82) is 0 Å². The van der Waals surface area contributed by atoms with Crippen molar-refractivity contribution >= 4 is 5.91 Å². The normalized spacial score (nSPS) is 10.7. The lowest BCUT2D eigenvalue weighted by Crippen LogP contribution is -2.21. The molecule has 0 saturated carbocycles. The van der Waals surface area contributed by atoms with E-state index in [4.69, 9.17) is 9.47 Å². The highest BCUT2D eigenvalue weighted by atomic mass is 19.3. The van der Waals surface area contributed by atoms with Gasteiger partial charge in [0.25, 0.3) is 6.43 Å². The Labute approximate surface area is 152 Å². The van der Waals surface area contributed by atoms with Crippen LogP contribution in [0.3, 0.4) is 0 Å². The van der Waals surface area contributed by atoms with Gasteiger partial charge in [-0.1, -0.05) is 25.1 Å². The summed E-state index contributed by atoms with van der Waals surface area (Å²) in [6, 6.07) is 10.1. The number of ether oxygens (including phenoxy) is 2. The first-order chi connectivity index (χ1) is 12.5. The Balaban J connectivity index is 2.30. The van der Waals surface area contributed by atoms with Gasteiger partial charge in [-0.3, -0.25) is 4.79 Å². The van der Waals surface area contributed by atoms with E-state index >= 15 is 0 Å². The molecule has 0 atom stereocenters. The minimum atomic E-state index is -2.63. The number of hydrogen-bond acceptors (Lipinski definition) is 3. The van der Waals surface area contributed by atoms with E-state index in [1.54, 1.807) is 37.4 Å². The van der Waals surface area contributed by atoms with E-state index in [0.717, 1.165) is 11.1 Å². The maximum Gasteiger partial charge on any atom is 0.267 e. The number of rotatable bonds is 8. The Morgan fingerprint density at radius 2 is 1.96 bits per heavy atom. The fourth-order valence-corrected chi connectivity index (χ4v) is 2.66. The molecule has 4 nitrogen and oxygen atoms in total. The first-order valence-corrected chi connectivity index (χ1v) is 8.39. The third-order valence-electron chi connectivity index (χ3n) is 4.17. The molecule has 2 aromatic rings. The molecule has 0 unspecified atom stereocenters. The maximum atomic E-state index is 13.4. The number of carbonyl (C=O) groups is 1. The largest absolute Gasteiger partial charge is 0.496 e. The Bertz CT molecular complexity index is 763.